The molecule has 0 aromatic heterocycles. The van der Waals surface area contributed by atoms with E-state index in [2.05, 4.69) is 50.4 Å². The topological polar surface area (TPSA) is 21.3 Å². The predicted octanol–water partition coefficient (Wildman–Crippen LogP) is 3.58. The Morgan fingerprint density at radius 2 is 2.11 bits per heavy atom. The Balaban J connectivity index is 2.46. The average Bonchev–Trinajstić information content (AvgIpc) is 2.39. The Labute approximate surface area is 118 Å². The molecule has 2 heteroatoms. The molecule has 0 aliphatic carbocycles. The number of nitrogens with one attached hydrogen (secondary N) is 1. The summed E-state index contributed by atoms with van der Waals surface area (Å²) >= 11 is 0. The molecule has 0 aliphatic rings. The van der Waals surface area contributed by atoms with Crippen LogP contribution in [0.15, 0.2) is 24.3 Å². The summed E-state index contributed by atoms with van der Waals surface area (Å²) in [5, 5.41) is 3.54. The van der Waals surface area contributed by atoms with E-state index in [4.69, 9.17) is 4.74 Å². The van der Waals surface area contributed by atoms with E-state index in [0.717, 1.165) is 39.1 Å². The summed E-state index contributed by atoms with van der Waals surface area (Å²) in [6.45, 7) is 10.3. The molecule has 1 rings (SSSR count). The third kappa shape index (κ3) is 7.34. The van der Waals surface area contributed by atoms with Gasteiger partial charge in [-0.15, -0.1) is 0 Å². The van der Waals surface area contributed by atoms with Crippen molar-refractivity contribution in [2.75, 3.05) is 26.3 Å². The van der Waals surface area contributed by atoms with Crippen LogP contribution < -0.4 is 5.32 Å². The number of aryl methyl sites for hydroxylation is 1. The highest BCUT2D eigenvalue weighted by Gasteiger charge is 2.09. The molecular formula is C17H29NO. The molecule has 0 saturated heterocycles. The quantitative estimate of drug-likeness (QED) is 0.651. The molecule has 0 radical (unpaired) electrons. The van der Waals surface area contributed by atoms with Crippen LogP contribution in [0, 0.1) is 12.8 Å². The van der Waals surface area contributed by atoms with Crippen LogP contribution in [0.3, 0.4) is 0 Å². The summed E-state index contributed by atoms with van der Waals surface area (Å²) in [6, 6.07) is 8.85. The summed E-state index contributed by atoms with van der Waals surface area (Å²) in [4.78, 5) is 0. The fourth-order valence-electron chi connectivity index (χ4n) is 2.33. The van der Waals surface area contributed by atoms with Crippen molar-refractivity contribution in [3.05, 3.63) is 35.4 Å². The molecule has 1 aromatic rings. The van der Waals surface area contributed by atoms with Crippen molar-refractivity contribution < 1.29 is 4.74 Å². The van der Waals surface area contributed by atoms with Crippen LogP contribution in [0.4, 0.5) is 0 Å². The van der Waals surface area contributed by atoms with Gasteiger partial charge in [0, 0.05) is 13.2 Å². The highest BCUT2D eigenvalue weighted by Crippen LogP contribution is 2.13. The maximum Gasteiger partial charge on any atom is 0.0469 e. The SMILES string of the molecule is CCCNCC(CCOCC)Cc1cccc(C)c1. The van der Waals surface area contributed by atoms with Gasteiger partial charge in [-0.05, 0) is 57.7 Å². The van der Waals surface area contributed by atoms with E-state index in [0.29, 0.717) is 5.92 Å². The lowest BCUT2D eigenvalue weighted by Gasteiger charge is -2.18. The van der Waals surface area contributed by atoms with Crippen molar-refractivity contribution in [3.63, 3.8) is 0 Å². The minimum atomic E-state index is 0.667. The minimum absolute atomic E-state index is 0.667. The molecule has 1 unspecified atom stereocenters. The fourth-order valence-corrected chi connectivity index (χ4v) is 2.33. The van der Waals surface area contributed by atoms with E-state index in [9.17, 15) is 0 Å². The van der Waals surface area contributed by atoms with Gasteiger partial charge < -0.3 is 10.1 Å². The first-order valence-electron chi connectivity index (χ1n) is 7.60. The van der Waals surface area contributed by atoms with Crippen LogP contribution in [0.25, 0.3) is 0 Å². The maximum atomic E-state index is 5.50. The van der Waals surface area contributed by atoms with Crippen molar-refractivity contribution in [1.29, 1.82) is 0 Å². The lowest BCUT2D eigenvalue weighted by Crippen LogP contribution is -2.26. The van der Waals surface area contributed by atoms with Crippen LogP contribution in [0.5, 0.6) is 0 Å². The van der Waals surface area contributed by atoms with Gasteiger partial charge in [0.15, 0.2) is 0 Å². The number of rotatable bonds is 10. The first-order valence-corrected chi connectivity index (χ1v) is 7.60. The number of hydrogen-bond donors (Lipinski definition) is 1. The summed E-state index contributed by atoms with van der Waals surface area (Å²) in [5.41, 5.74) is 2.79. The predicted molar refractivity (Wildman–Crippen MR) is 82.6 cm³/mol. The first kappa shape index (κ1) is 16.2. The van der Waals surface area contributed by atoms with Crippen molar-refractivity contribution in [1.82, 2.24) is 5.32 Å². The van der Waals surface area contributed by atoms with Crippen molar-refractivity contribution in [2.24, 2.45) is 5.92 Å². The highest BCUT2D eigenvalue weighted by molar-refractivity contribution is 5.22. The van der Waals surface area contributed by atoms with Gasteiger partial charge in [0.05, 0.1) is 0 Å². The summed E-state index contributed by atoms with van der Waals surface area (Å²) in [5.74, 6) is 0.667. The van der Waals surface area contributed by atoms with E-state index < -0.39 is 0 Å². The van der Waals surface area contributed by atoms with Crippen molar-refractivity contribution in [3.8, 4) is 0 Å². The van der Waals surface area contributed by atoms with E-state index in [1.165, 1.54) is 17.5 Å². The van der Waals surface area contributed by atoms with E-state index in [1.54, 1.807) is 0 Å². The number of ether oxygens (including phenoxy) is 1. The van der Waals surface area contributed by atoms with Crippen molar-refractivity contribution >= 4 is 0 Å². The van der Waals surface area contributed by atoms with Gasteiger partial charge in [-0.3, -0.25) is 0 Å². The van der Waals surface area contributed by atoms with Gasteiger partial charge in [-0.1, -0.05) is 36.8 Å². The molecule has 1 atom stereocenters. The van der Waals surface area contributed by atoms with Gasteiger partial charge >= 0.3 is 0 Å². The van der Waals surface area contributed by atoms with Crippen LogP contribution in [-0.2, 0) is 11.2 Å². The number of hydrogen-bond acceptors (Lipinski definition) is 2. The first-order chi connectivity index (χ1) is 9.26. The zero-order valence-corrected chi connectivity index (χ0v) is 12.7. The van der Waals surface area contributed by atoms with Crippen LogP contribution in [0.2, 0.25) is 0 Å². The summed E-state index contributed by atoms with van der Waals surface area (Å²) < 4.78 is 5.50. The monoisotopic (exact) mass is 263 g/mol. The smallest absolute Gasteiger partial charge is 0.0469 e. The van der Waals surface area contributed by atoms with Crippen LogP contribution in [-0.4, -0.2) is 26.3 Å². The van der Waals surface area contributed by atoms with E-state index in [1.807, 2.05) is 0 Å². The Hall–Kier alpha value is -0.860. The molecule has 108 valence electrons. The van der Waals surface area contributed by atoms with Gasteiger partial charge in [0.25, 0.3) is 0 Å². The largest absolute Gasteiger partial charge is 0.382 e. The molecule has 0 aliphatic heterocycles. The summed E-state index contributed by atoms with van der Waals surface area (Å²) in [7, 11) is 0. The zero-order valence-electron chi connectivity index (χ0n) is 12.7. The molecule has 0 fully saturated rings. The van der Waals surface area contributed by atoms with E-state index in [-0.39, 0.29) is 0 Å². The van der Waals surface area contributed by atoms with Gasteiger partial charge in [0.2, 0.25) is 0 Å². The van der Waals surface area contributed by atoms with Gasteiger partial charge in [-0.25, -0.2) is 0 Å². The van der Waals surface area contributed by atoms with Gasteiger partial charge in [-0.2, -0.15) is 0 Å². The zero-order chi connectivity index (χ0) is 13.9. The Morgan fingerprint density at radius 1 is 1.26 bits per heavy atom. The molecule has 1 N–H and O–H groups in total. The normalized spacial score (nSPS) is 12.6. The summed E-state index contributed by atoms with van der Waals surface area (Å²) in [6.07, 6.45) is 3.48. The second-order valence-electron chi connectivity index (χ2n) is 5.25. The lowest BCUT2D eigenvalue weighted by atomic mass is 9.95. The number of benzene rings is 1. The molecule has 0 amide bonds. The Morgan fingerprint density at radius 3 is 2.79 bits per heavy atom. The molecule has 19 heavy (non-hydrogen) atoms. The molecule has 0 saturated carbocycles. The molecule has 0 bridgehead atoms. The molecular weight excluding hydrogens is 234 g/mol. The molecule has 0 heterocycles. The third-order valence-corrected chi connectivity index (χ3v) is 3.34. The molecule has 0 spiro atoms. The second kappa shape index (κ2) is 9.99. The van der Waals surface area contributed by atoms with Crippen molar-refractivity contribution in [2.45, 2.75) is 40.0 Å². The second-order valence-corrected chi connectivity index (χ2v) is 5.25. The fraction of sp³-hybridized carbons (Fsp3) is 0.647. The lowest BCUT2D eigenvalue weighted by molar-refractivity contribution is 0.131. The average molecular weight is 263 g/mol. The highest BCUT2D eigenvalue weighted by atomic mass is 16.5. The van der Waals surface area contributed by atoms with E-state index >= 15 is 0 Å². The van der Waals surface area contributed by atoms with Crippen LogP contribution in [0.1, 0.15) is 37.8 Å². The van der Waals surface area contributed by atoms with Gasteiger partial charge in [0.1, 0.15) is 0 Å². The van der Waals surface area contributed by atoms with Crippen LogP contribution >= 0.6 is 0 Å². The third-order valence-electron chi connectivity index (χ3n) is 3.34. The minimum Gasteiger partial charge on any atom is -0.382 e. The molecule has 1 aromatic carbocycles. The maximum absolute atomic E-state index is 5.50. The standard InChI is InChI=1S/C17H29NO/c1-4-10-18-14-17(9-11-19-5-2)13-16-8-6-7-15(3)12-16/h6-8,12,17-18H,4-5,9-11,13-14H2,1-3H3. The Kier molecular flexibility index (Phi) is 8.52. The Bertz CT molecular complexity index is 328. The molecule has 2 nitrogen and oxygen atoms in total.